The van der Waals surface area contributed by atoms with Gasteiger partial charge in [-0.3, -0.25) is 9.89 Å². The third-order valence-corrected chi connectivity index (χ3v) is 5.49. The molecule has 0 amide bonds. The summed E-state index contributed by atoms with van der Waals surface area (Å²) in [5, 5.41) is 7.03. The van der Waals surface area contributed by atoms with E-state index in [0.29, 0.717) is 18.1 Å². The molecule has 2 heterocycles. The average molecular weight is 442 g/mol. The van der Waals surface area contributed by atoms with Gasteiger partial charge in [-0.25, -0.2) is 0 Å². The molecule has 2 rings (SSSR count). The van der Waals surface area contributed by atoms with E-state index in [0.717, 1.165) is 32.3 Å². The van der Waals surface area contributed by atoms with E-state index in [4.69, 9.17) is 4.74 Å². The summed E-state index contributed by atoms with van der Waals surface area (Å²) in [6, 6.07) is 1.55. The first-order valence-electron chi connectivity index (χ1n) is 8.09. The molecule has 0 aromatic rings. The Bertz CT molecular complexity index is 340. The van der Waals surface area contributed by atoms with Gasteiger partial charge in [-0.2, -0.15) is 11.8 Å². The number of halogens is 1. The lowest BCUT2D eigenvalue weighted by Gasteiger charge is -2.38. The highest BCUT2D eigenvalue weighted by molar-refractivity contribution is 14.0. The molecule has 0 aromatic carbocycles. The number of guanidine groups is 1. The van der Waals surface area contributed by atoms with E-state index in [-0.39, 0.29) is 24.0 Å². The molecule has 0 radical (unpaired) electrons. The van der Waals surface area contributed by atoms with Crippen molar-refractivity contribution in [2.75, 3.05) is 44.9 Å². The molecule has 3 atom stereocenters. The van der Waals surface area contributed by atoms with Crippen molar-refractivity contribution in [2.45, 2.75) is 44.8 Å². The minimum absolute atomic E-state index is 0. The van der Waals surface area contributed by atoms with Crippen LogP contribution in [0.1, 0.15) is 26.7 Å². The third-order valence-electron chi connectivity index (χ3n) is 4.27. The summed E-state index contributed by atoms with van der Waals surface area (Å²) in [5.74, 6) is 3.43. The quantitative estimate of drug-likeness (QED) is 0.395. The maximum absolute atomic E-state index is 5.51. The Balaban J connectivity index is 0.00000242. The van der Waals surface area contributed by atoms with Crippen LogP contribution in [-0.4, -0.2) is 73.8 Å². The molecule has 2 aliphatic rings. The van der Waals surface area contributed by atoms with Crippen molar-refractivity contribution in [2.24, 2.45) is 4.99 Å². The molecule has 2 aliphatic heterocycles. The minimum Gasteiger partial charge on any atom is -0.379 e. The number of morpholine rings is 1. The van der Waals surface area contributed by atoms with Gasteiger partial charge in [-0.1, -0.05) is 0 Å². The maximum atomic E-state index is 5.51. The molecule has 0 aliphatic carbocycles. The predicted octanol–water partition coefficient (Wildman–Crippen LogP) is 1.77. The fourth-order valence-corrected chi connectivity index (χ4v) is 4.07. The summed E-state index contributed by atoms with van der Waals surface area (Å²) in [7, 11) is 1.85. The Labute approximate surface area is 156 Å². The van der Waals surface area contributed by atoms with E-state index in [1.165, 1.54) is 24.3 Å². The van der Waals surface area contributed by atoms with E-state index in [1.54, 1.807) is 0 Å². The van der Waals surface area contributed by atoms with E-state index in [1.807, 2.05) is 18.8 Å². The van der Waals surface area contributed by atoms with Crippen LogP contribution in [0.4, 0.5) is 0 Å². The van der Waals surface area contributed by atoms with Crippen LogP contribution in [0, 0.1) is 0 Å². The lowest BCUT2D eigenvalue weighted by atomic mass is 10.2. The van der Waals surface area contributed by atoms with Gasteiger partial charge in [-0.05, 0) is 32.4 Å². The fourth-order valence-electron chi connectivity index (χ4n) is 3.00. The highest BCUT2D eigenvalue weighted by atomic mass is 127. The monoisotopic (exact) mass is 442 g/mol. The highest BCUT2D eigenvalue weighted by Gasteiger charge is 2.23. The van der Waals surface area contributed by atoms with Crippen LogP contribution in [0.5, 0.6) is 0 Å². The van der Waals surface area contributed by atoms with Crippen molar-refractivity contribution in [1.82, 2.24) is 15.5 Å². The van der Waals surface area contributed by atoms with Gasteiger partial charge in [0.25, 0.3) is 0 Å². The fraction of sp³-hybridized carbons (Fsp3) is 0.933. The average Bonchev–Trinajstić information content (AvgIpc) is 2.52. The van der Waals surface area contributed by atoms with Crippen molar-refractivity contribution in [1.29, 1.82) is 0 Å². The predicted molar refractivity (Wildman–Crippen MR) is 107 cm³/mol. The van der Waals surface area contributed by atoms with Gasteiger partial charge in [0.15, 0.2) is 5.96 Å². The first-order chi connectivity index (χ1) is 10.2. The Kier molecular flexibility index (Phi) is 10.1. The number of hydrogen-bond acceptors (Lipinski definition) is 4. The van der Waals surface area contributed by atoms with E-state index in [9.17, 15) is 0 Å². The molecule has 0 bridgehead atoms. The van der Waals surface area contributed by atoms with Crippen molar-refractivity contribution >= 4 is 41.7 Å². The van der Waals surface area contributed by atoms with Crippen molar-refractivity contribution < 1.29 is 4.74 Å². The number of hydrogen-bond donors (Lipinski definition) is 2. The molecule has 3 unspecified atom stereocenters. The summed E-state index contributed by atoms with van der Waals surface area (Å²) in [4.78, 5) is 6.87. The van der Waals surface area contributed by atoms with Crippen molar-refractivity contribution in [3.63, 3.8) is 0 Å². The number of thioether (sulfide) groups is 1. The molecule has 0 aromatic heterocycles. The Morgan fingerprint density at radius 2 is 2.32 bits per heavy atom. The van der Waals surface area contributed by atoms with Gasteiger partial charge in [0.1, 0.15) is 0 Å². The van der Waals surface area contributed by atoms with Gasteiger partial charge in [0.2, 0.25) is 0 Å². The third kappa shape index (κ3) is 6.41. The Morgan fingerprint density at radius 3 is 2.95 bits per heavy atom. The van der Waals surface area contributed by atoms with Crippen molar-refractivity contribution in [3.8, 4) is 0 Å². The number of nitrogens with zero attached hydrogens (tertiary/aromatic N) is 2. The topological polar surface area (TPSA) is 48.9 Å². The number of nitrogens with one attached hydrogen (secondary N) is 2. The molecular formula is C15H31IN4OS. The van der Waals surface area contributed by atoms with Gasteiger partial charge in [-0.15, -0.1) is 24.0 Å². The molecule has 5 nitrogen and oxygen atoms in total. The van der Waals surface area contributed by atoms with E-state index >= 15 is 0 Å². The molecule has 2 fully saturated rings. The highest BCUT2D eigenvalue weighted by Crippen LogP contribution is 2.16. The summed E-state index contributed by atoms with van der Waals surface area (Å²) in [5.41, 5.74) is 0. The van der Waals surface area contributed by atoms with Crippen LogP contribution in [0.2, 0.25) is 0 Å². The van der Waals surface area contributed by atoms with E-state index in [2.05, 4.69) is 34.4 Å². The largest absolute Gasteiger partial charge is 0.379 e. The van der Waals surface area contributed by atoms with Crippen LogP contribution >= 0.6 is 35.7 Å². The first-order valence-corrected chi connectivity index (χ1v) is 9.24. The van der Waals surface area contributed by atoms with Crippen LogP contribution in [0.3, 0.4) is 0 Å². The number of ether oxygens (including phenoxy) is 1. The first kappa shape index (κ1) is 20.3. The molecule has 0 saturated carbocycles. The number of rotatable bonds is 4. The molecule has 2 N–H and O–H groups in total. The van der Waals surface area contributed by atoms with Crippen molar-refractivity contribution in [3.05, 3.63) is 0 Å². The second-order valence-electron chi connectivity index (χ2n) is 6.02. The molecule has 0 spiro atoms. The van der Waals surface area contributed by atoms with Crippen LogP contribution in [0.25, 0.3) is 0 Å². The van der Waals surface area contributed by atoms with Gasteiger partial charge in [0.05, 0.1) is 13.2 Å². The normalized spacial score (nSPS) is 28.6. The zero-order valence-electron chi connectivity index (χ0n) is 14.0. The van der Waals surface area contributed by atoms with Crippen LogP contribution in [-0.2, 0) is 4.74 Å². The summed E-state index contributed by atoms with van der Waals surface area (Å²) >= 11 is 2.04. The van der Waals surface area contributed by atoms with Gasteiger partial charge < -0.3 is 15.4 Å². The molecule has 2 saturated heterocycles. The van der Waals surface area contributed by atoms with Crippen LogP contribution in [0.15, 0.2) is 4.99 Å². The number of aliphatic imine (C=N–C) groups is 1. The standard InChI is InChI=1S/C15H30N4OS.HI/c1-12(19-6-7-20-10-13(19)2)9-17-15(16-3)18-14-5-4-8-21-11-14;/h12-14H,4-11H2,1-3H3,(H2,16,17,18);1H. The summed E-state index contributed by atoms with van der Waals surface area (Å²) < 4.78 is 5.51. The SMILES string of the molecule is CN=C(NCC(C)N1CCOCC1C)NC1CCCSC1.I. The minimum atomic E-state index is 0. The summed E-state index contributed by atoms with van der Waals surface area (Å²) in [6.45, 7) is 8.15. The molecule has 130 valence electrons. The van der Waals surface area contributed by atoms with Gasteiger partial charge >= 0.3 is 0 Å². The lowest BCUT2D eigenvalue weighted by molar-refractivity contribution is -0.0174. The summed E-state index contributed by atoms with van der Waals surface area (Å²) in [6.07, 6.45) is 2.56. The second kappa shape index (κ2) is 10.9. The lowest BCUT2D eigenvalue weighted by Crippen LogP contribution is -2.54. The zero-order valence-corrected chi connectivity index (χ0v) is 17.2. The Hall–Kier alpha value is 0.270. The molecular weight excluding hydrogens is 411 g/mol. The zero-order chi connectivity index (χ0) is 15.1. The maximum Gasteiger partial charge on any atom is 0.191 e. The van der Waals surface area contributed by atoms with Gasteiger partial charge in [0, 0.05) is 44.0 Å². The smallest absolute Gasteiger partial charge is 0.191 e. The molecule has 7 heteroatoms. The Morgan fingerprint density at radius 1 is 1.50 bits per heavy atom. The van der Waals surface area contributed by atoms with E-state index < -0.39 is 0 Å². The second-order valence-corrected chi connectivity index (χ2v) is 7.17. The molecule has 22 heavy (non-hydrogen) atoms. The van der Waals surface area contributed by atoms with Crippen LogP contribution < -0.4 is 10.6 Å².